The van der Waals surface area contributed by atoms with Crippen molar-refractivity contribution in [2.75, 3.05) is 18.5 Å². The third kappa shape index (κ3) is 4.89. The number of benzene rings is 2. The molecule has 7 heteroatoms. The third-order valence-corrected chi connectivity index (χ3v) is 5.72. The number of fused-ring (bicyclic) bond motifs is 1. The molecule has 0 saturated carbocycles. The maximum atomic E-state index is 12.5. The SMILES string of the molecule is Cc1ccc(C(=O)NC2COC3C(OC(=O)Nc4ccc(C(C)C)cc4)COC23)cc1. The number of ether oxygens (including phenoxy) is 3. The standard InChI is InChI=1S/C24H28N2O5/c1-14(2)16-8-10-18(11-9-16)25-24(28)31-20-13-30-21-19(12-29-22(20)21)26-23(27)17-6-4-15(3)5-7-17/h4-11,14,19-22H,12-13H2,1-3H3,(H,25,28)(H,26,27). The van der Waals surface area contributed by atoms with E-state index < -0.39 is 18.3 Å². The van der Waals surface area contributed by atoms with Crippen LogP contribution in [0.2, 0.25) is 0 Å². The first-order chi connectivity index (χ1) is 14.9. The maximum absolute atomic E-state index is 12.5. The van der Waals surface area contributed by atoms with Gasteiger partial charge in [0.2, 0.25) is 0 Å². The van der Waals surface area contributed by atoms with Crippen LogP contribution < -0.4 is 10.6 Å². The lowest BCUT2D eigenvalue weighted by atomic mass is 10.0. The highest BCUT2D eigenvalue weighted by Crippen LogP contribution is 2.29. The van der Waals surface area contributed by atoms with Gasteiger partial charge in [-0.05, 0) is 42.7 Å². The van der Waals surface area contributed by atoms with Crippen LogP contribution in [0.15, 0.2) is 48.5 Å². The molecule has 4 rings (SSSR count). The highest BCUT2D eigenvalue weighted by atomic mass is 16.6. The molecule has 7 nitrogen and oxygen atoms in total. The first-order valence-corrected chi connectivity index (χ1v) is 10.6. The molecular formula is C24H28N2O5. The van der Waals surface area contributed by atoms with Gasteiger partial charge >= 0.3 is 6.09 Å². The van der Waals surface area contributed by atoms with Crippen molar-refractivity contribution in [3.05, 3.63) is 65.2 Å². The van der Waals surface area contributed by atoms with Crippen LogP contribution in [0.25, 0.3) is 0 Å². The molecule has 2 aromatic carbocycles. The van der Waals surface area contributed by atoms with Crippen molar-refractivity contribution in [1.82, 2.24) is 5.32 Å². The van der Waals surface area contributed by atoms with Gasteiger partial charge in [-0.1, -0.05) is 43.7 Å². The Morgan fingerprint density at radius 3 is 2.32 bits per heavy atom. The molecule has 2 fully saturated rings. The number of amides is 2. The van der Waals surface area contributed by atoms with Crippen LogP contribution in [-0.4, -0.2) is 49.6 Å². The second-order valence-corrected chi connectivity index (χ2v) is 8.39. The van der Waals surface area contributed by atoms with Crippen molar-refractivity contribution < 1.29 is 23.8 Å². The van der Waals surface area contributed by atoms with Gasteiger partial charge in [0, 0.05) is 11.3 Å². The van der Waals surface area contributed by atoms with E-state index in [2.05, 4.69) is 24.5 Å². The summed E-state index contributed by atoms with van der Waals surface area (Å²) >= 11 is 0. The monoisotopic (exact) mass is 424 g/mol. The molecule has 164 valence electrons. The zero-order valence-electron chi connectivity index (χ0n) is 18.0. The molecular weight excluding hydrogens is 396 g/mol. The molecule has 2 saturated heterocycles. The smallest absolute Gasteiger partial charge is 0.412 e. The lowest BCUT2D eigenvalue weighted by Crippen LogP contribution is -2.44. The molecule has 0 spiro atoms. The Morgan fingerprint density at radius 2 is 1.65 bits per heavy atom. The minimum absolute atomic E-state index is 0.176. The van der Waals surface area contributed by atoms with E-state index >= 15 is 0 Å². The molecule has 2 aromatic rings. The Hall–Kier alpha value is -2.90. The van der Waals surface area contributed by atoms with Gasteiger partial charge in [0.1, 0.15) is 12.2 Å². The first-order valence-electron chi connectivity index (χ1n) is 10.6. The molecule has 2 aliphatic rings. The quantitative estimate of drug-likeness (QED) is 0.766. The average molecular weight is 424 g/mol. The van der Waals surface area contributed by atoms with Crippen LogP contribution >= 0.6 is 0 Å². The summed E-state index contributed by atoms with van der Waals surface area (Å²) in [7, 11) is 0. The largest absolute Gasteiger partial charge is 0.441 e. The van der Waals surface area contributed by atoms with Gasteiger partial charge < -0.3 is 19.5 Å². The van der Waals surface area contributed by atoms with Gasteiger partial charge in [-0.2, -0.15) is 0 Å². The predicted octanol–water partition coefficient (Wildman–Crippen LogP) is 3.63. The van der Waals surface area contributed by atoms with Crippen molar-refractivity contribution in [1.29, 1.82) is 0 Å². The number of aryl methyl sites for hydroxylation is 1. The van der Waals surface area contributed by atoms with Gasteiger partial charge in [-0.3, -0.25) is 10.1 Å². The van der Waals surface area contributed by atoms with Crippen LogP contribution in [0.5, 0.6) is 0 Å². The van der Waals surface area contributed by atoms with Crippen molar-refractivity contribution in [2.45, 2.75) is 51.0 Å². The summed E-state index contributed by atoms with van der Waals surface area (Å²) in [5.74, 6) is 0.248. The van der Waals surface area contributed by atoms with Gasteiger partial charge in [0.25, 0.3) is 5.91 Å². The fraction of sp³-hybridized carbons (Fsp3) is 0.417. The molecule has 0 bridgehead atoms. The van der Waals surface area contributed by atoms with Gasteiger partial charge in [0.05, 0.1) is 19.3 Å². The molecule has 2 heterocycles. The number of hydrogen-bond donors (Lipinski definition) is 2. The van der Waals surface area contributed by atoms with Crippen molar-refractivity contribution in [3.8, 4) is 0 Å². The number of nitrogens with one attached hydrogen (secondary N) is 2. The van der Waals surface area contributed by atoms with Gasteiger partial charge in [-0.15, -0.1) is 0 Å². The van der Waals surface area contributed by atoms with Crippen LogP contribution in [0.3, 0.4) is 0 Å². The molecule has 2 N–H and O–H groups in total. The second-order valence-electron chi connectivity index (χ2n) is 8.39. The van der Waals surface area contributed by atoms with Crippen molar-refractivity contribution in [3.63, 3.8) is 0 Å². The Labute approximate surface area is 182 Å². The fourth-order valence-corrected chi connectivity index (χ4v) is 3.88. The highest BCUT2D eigenvalue weighted by molar-refractivity contribution is 5.94. The lowest BCUT2D eigenvalue weighted by molar-refractivity contribution is 0.00862. The Kier molecular flexibility index (Phi) is 6.25. The van der Waals surface area contributed by atoms with Gasteiger partial charge in [-0.25, -0.2) is 4.79 Å². The molecule has 0 radical (unpaired) electrons. The van der Waals surface area contributed by atoms with Crippen LogP contribution in [0, 0.1) is 6.92 Å². The van der Waals surface area contributed by atoms with E-state index in [4.69, 9.17) is 14.2 Å². The van der Waals surface area contributed by atoms with E-state index in [0.717, 1.165) is 5.56 Å². The van der Waals surface area contributed by atoms with Gasteiger partial charge in [0.15, 0.2) is 6.10 Å². The van der Waals surface area contributed by atoms with Crippen molar-refractivity contribution >= 4 is 17.7 Å². The summed E-state index contributed by atoms with van der Waals surface area (Å²) in [6.07, 6.45) is -1.83. The lowest BCUT2D eigenvalue weighted by Gasteiger charge is -2.18. The van der Waals surface area contributed by atoms with E-state index in [1.54, 1.807) is 12.1 Å². The number of carbonyl (C=O) groups is 2. The summed E-state index contributed by atoms with van der Waals surface area (Å²) in [6, 6.07) is 14.8. The van der Waals surface area contributed by atoms with E-state index in [-0.39, 0.29) is 24.7 Å². The molecule has 4 unspecified atom stereocenters. The summed E-state index contributed by atoms with van der Waals surface area (Å²) in [6.45, 7) is 6.74. The Bertz CT molecular complexity index is 926. The average Bonchev–Trinajstić information content (AvgIpc) is 3.32. The van der Waals surface area contributed by atoms with E-state index in [1.807, 2.05) is 43.3 Å². The van der Waals surface area contributed by atoms with Crippen LogP contribution in [0.1, 0.15) is 41.3 Å². The van der Waals surface area contributed by atoms with E-state index in [0.29, 0.717) is 23.8 Å². The molecule has 2 aliphatic heterocycles. The number of hydrogen-bond acceptors (Lipinski definition) is 5. The summed E-state index contributed by atoms with van der Waals surface area (Å²) < 4.78 is 17.2. The Morgan fingerprint density at radius 1 is 0.968 bits per heavy atom. The molecule has 0 aromatic heterocycles. The predicted molar refractivity (Wildman–Crippen MR) is 116 cm³/mol. The second kappa shape index (κ2) is 9.08. The summed E-state index contributed by atoms with van der Waals surface area (Å²) in [5, 5.41) is 5.71. The molecule has 31 heavy (non-hydrogen) atoms. The first kappa shape index (κ1) is 21.3. The number of rotatable bonds is 5. The fourth-order valence-electron chi connectivity index (χ4n) is 3.88. The van der Waals surface area contributed by atoms with E-state index in [1.165, 1.54) is 5.56 Å². The van der Waals surface area contributed by atoms with E-state index in [9.17, 15) is 9.59 Å². The zero-order valence-corrected chi connectivity index (χ0v) is 18.0. The number of anilines is 1. The molecule has 2 amide bonds. The minimum atomic E-state index is -0.553. The summed E-state index contributed by atoms with van der Waals surface area (Å²) in [5.41, 5.74) is 3.54. The minimum Gasteiger partial charge on any atom is -0.441 e. The Balaban J connectivity index is 1.30. The molecule has 0 aliphatic carbocycles. The zero-order chi connectivity index (χ0) is 22.0. The third-order valence-electron chi connectivity index (χ3n) is 5.72. The number of carbonyl (C=O) groups excluding carboxylic acids is 2. The molecule has 4 atom stereocenters. The summed E-state index contributed by atoms with van der Waals surface area (Å²) in [4.78, 5) is 24.8. The maximum Gasteiger partial charge on any atom is 0.412 e. The van der Waals surface area contributed by atoms with Crippen LogP contribution in [0.4, 0.5) is 10.5 Å². The highest BCUT2D eigenvalue weighted by Gasteiger charge is 2.50. The van der Waals surface area contributed by atoms with Crippen molar-refractivity contribution in [2.24, 2.45) is 0 Å². The topological polar surface area (TPSA) is 85.9 Å². The van der Waals surface area contributed by atoms with Crippen LogP contribution in [-0.2, 0) is 14.2 Å². The normalized spacial score (nSPS) is 24.6.